The standard InChI is InChI=1S/C11H9FN2O2S/c1-7-9(6-15)17-10(13-7)5-14-4-8(12)2-3-11(14)16/h2-4,6H,5H2,1H3. The molecule has 2 aromatic heterocycles. The number of aromatic nitrogens is 2. The summed E-state index contributed by atoms with van der Waals surface area (Å²) in [6.45, 7) is 1.90. The molecule has 0 bridgehead atoms. The van der Waals surface area contributed by atoms with Crippen molar-refractivity contribution < 1.29 is 9.18 Å². The summed E-state index contributed by atoms with van der Waals surface area (Å²) < 4.78 is 14.2. The monoisotopic (exact) mass is 252 g/mol. The molecule has 0 saturated heterocycles. The van der Waals surface area contributed by atoms with E-state index in [0.29, 0.717) is 15.6 Å². The van der Waals surface area contributed by atoms with Crippen molar-refractivity contribution in [3.8, 4) is 0 Å². The van der Waals surface area contributed by atoms with E-state index >= 15 is 0 Å². The Hall–Kier alpha value is -1.82. The van der Waals surface area contributed by atoms with E-state index in [-0.39, 0.29) is 12.1 Å². The summed E-state index contributed by atoms with van der Waals surface area (Å²) in [6, 6.07) is 2.28. The largest absolute Gasteiger partial charge is 0.306 e. The van der Waals surface area contributed by atoms with Crippen molar-refractivity contribution in [2.75, 3.05) is 0 Å². The second kappa shape index (κ2) is 4.58. The van der Waals surface area contributed by atoms with Crippen molar-refractivity contribution >= 4 is 17.6 Å². The molecule has 17 heavy (non-hydrogen) atoms. The zero-order valence-electron chi connectivity index (χ0n) is 9.01. The van der Waals surface area contributed by atoms with Gasteiger partial charge in [-0.2, -0.15) is 0 Å². The van der Waals surface area contributed by atoms with E-state index < -0.39 is 5.82 Å². The van der Waals surface area contributed by atoms with Gasteiger partial charge < -0.3 is 4.57 Å². The zero-order chi connectivity index (χ0) is 12.4. The summed E-state index contributed by atoms with van der Waals surface area (Å²) in [5, 5.41) is 0.609. The van der Waals surface area contributed by atoms with Crippen LogP contribution in [-0.4, -0.2) is 15.8 Å². The summed E-state index contributed by atoms with van der Waals surface area (Å²) in [4.78, 5) is 26.8. The molecule has 0 aliphatic rings. The van der Waals surface area contributed by atoms with Crippen LogP contribution in [0.1, 0.15) is 20.4 Å². The molecule has 0 unspecified atom stereocenters. The molecule has 6 heteroatoms. The van der Waals surface area contributed by atoms with Gasteiger partial charge in [-0.05, 0) is 13.0 Å². The maximum absolute atomic E-state index is 13.0. The minimum atomic E-state index is -0.478. The first kappa shape index (κ1) is 11.7. The SMILES string of the molecule is Cc1nc(Cn2cc(F)ccc2=O)sc1C=O. The van der Waals surface area contributed by atoms with Gasteiger partial charge in [-0.25, -0.2) is 9.37 Å². The van der Waals surface area contributed by atoms with Crippen molar-refractivity contribution in [2.45, 2.75) is 13.5 Å². The number of aryl methyl sites for hydroxylation is 1. The van der Waals surface area contributed by atoms with Crippen LogP contribution in [-0.2, 0) is 6.54 Å². The minimum Gasteiger partial charge on any atom is -0.306 e. The number of thiazole rings is 1. The fraction of sp³-hybridized carbons (Fsp3) is 0.182. The minimum absolute atomic E-state index is 0.177. The maximum Gasteiger partial charge on any atom is 0.251 e. The molecule has 2 heterocycles. The van der Waals surface area contributed by atoms with E-state index in [0.717, 1.165) is 24.6 Å². The lowest BCUT2D eigenvalue weighted by atomic mass is 10.4. The smallest absolute Gasteiger partial charge is 0.251 e. The summed E-state index contributed by atoms with van der Waals surface area (Å²) in [7, 11) is 0. The van der Waals surface area contributed by atoms with Gasteiger partial charge in [-0.15, -0.1) is 11.3 Å². The van der Waals surface area contributed by atoms with Crippen LogP contribution in [0, 0.1) is 12.7 Å². The Morgan fingerprint density at radius 3 is 2.94 bits per heavy atom. The zero-order valence-corrected chi connectivity index (χ0v) is 9.83. The fourth-order valence-electron chi connectivity index (χ4n) is 1.41. The van der Waals surface area contributed by atoms with E-state index in [4.69, 9.17) is 0 Å². The lowest BCUT2D eigenvalue weighted by Crippen LogP contribution is -2.19. The van der Waals surface area contributed by atoms with Crippen LogP contribution >= 0.6 is 11.3 Å². The number of nitrogens with zero attached hydrogens (tertiary/aromatic N) is 2. The molecule has 2 rings (SSSR count). The van der Waals surface area contributed by atoms with E-state index in [1.165, 1.54) is 15.9 Å². The third-order valence-corrected chi connectivity index (χ3v) is 3.30. The third kappa shape index (κ3) is 2.47. The van der Waals surface area contributed by atoms with E-state index in [1.54, 1.807) is 6.92 Å². The molecular weight excluding hydrogens is 243 g/mol. The predicted octanol–water partition coefficient (Wildman–Crippen LogP) is 1.61. The number of carbonyl (C=O) groups excluding carboxylic acids is 1. The Labute approximate surface area is 100 Å². The molecule has 0 aliphatic heterocycles. The van der Waals surface area contributed by atoms with Crippen LogP contribution in [0.3, 0.4) is 0 Å². The Bertz CT molecular complexity index is 618. The average molecular weight is 252 g/mol. The first-order valence-corrected chi connectivity index (χ1v) is 5.69. The van der Waals surface area contributed by atoms with Gasteiger partial charge in [-0.1, -0.05) is 0 Å². The number of carbonyl (C=O) groups is 1. The number of aldehydes is 1. The maximum atomic E-state index is 13.0. The van der Waals surface area contributed by atoms with Crippen molar-refractivity contribution in [1.29, 1.82) is 0 Å². The van der Waals surface area contributed by atoms with Crippen LogP contribution in [0.25, 0.3) is 0 Å². The highest BCUT2D eigenvalue weighted by molar-refractivity contribution is 7.13. The first-order chi connectivity index (χ1) is 8.10. The number of halogens is 1. The summed E-state index contributed by atoms with van der Waals surface area (Å²) in [5.74, 6) is -0.478. The predicted molar refractivity (Wildman–Crippen MR) is 62.0 cm³/mol. The summed E-state index contributed by atoms with van der Waals surface area (Å²) in [6.07, 6.45) is 1.85. The van der Waals surface area contributed by atoms with Gasteiger partial charge in [0.25, 0.3) is 5.56 Å². The normalized spacial score (nSPS) is 10.5. The summed E-state index contributed by atoms with van der Waals surface area (Å²) >= 11 is 1.21. The molecular formula is C11H9FN2O2S. The van der Waals surface area contributed by atoms with E-state index in [1.807, 2.05) is 0 Å². The van der Waals surface area contributed by atoms with Crippen molar-refractivity contribution in [1.82, 2.24) is 9.55 Å². The van der Waals surface area contributed by atoms with Gasteiger partial charge in [0.15, 0.2) is 6.29 Å². The first-order valence-electron chi connectivity index (χ1n) is 4.87. The van der Waals surface area contributed by atoms with Crippen LogP contribution in [0.2, 0.25) is 0 Å². The van der Waals surface area contributed by atoms with Crippen molar-refractivity contribution in [3.05, 3.63) is 50.1 Å². The Kier molecular flexibility index (Phi) is 3.14. The van der Waals surface area contributed by atoms with Crippen LogP contribution in [0.15, 0.2) is 23.1 Å². The molecule has 0 amide bonds. The number of rotatable bonds is 3. The van der Waals surface area contributed by atoms with E-state index in [9.17, 15) is 14.0 Å². The van der Waals surface area contributed by atoms with Crippen LogP contribution in [0.5, 0.6) is 0 Å². The van der Waals surface area contributed by atoms with Crippen molar-refractivity contribution in [3.63, 3.8) is 0 Å². The number of pyridine rings is 1. The van der Waals surface area contributed by atoms with Gasteiger partial charge in [-0.3, -0.25) is 9.59 Å². The van der Waals surface area contributed by atoms with Crippen LogP contribution in [0.4, 0.5) is 4.39 Å². The average Bonchev–Trinajstić information content (AvgIpc) is 2.64. The lowest BCUT2D eigenvalue weighted by Gasteiger charge is -2.01. The molecule has 4 nitrogen and oxygen atoms in total. The molecule has 0 radical (unpaired) electrons. The number of hydrogen-bond acceptors (Lipinski definition) is 4. The lowest BCUT2D eigenvalue weighted by molar-refractivity contribution is 0.112. The topological polar surface area (TPSA) is 52.0 Å². The molecule has 0 atom stereocenters. The molecule has 0 aliphatic carbocycles. The Balaban J connectivity index is 2.34. The van der Waals surface area contributed by atoms with Gasteiger partial charge >= 0.3 is 0 Å². The van der Waals surface area contributed by atoms with Gasteiger partial charge in [0, 0.05) is 12.3 Å². The van der Waals surface area contributed by atoms with Gasteiger partial charge in [0.2, 0.25) is 0 Å². The van der Waals surface area contributed by atoms with Gasteiger partial charge in [0.05, 0.1) is 17.1 Å². The highest BCUT2D eigenvalue weighted by atomic mass is 32.1. The molecule has 0 saturated carbocycles. The molecule has 88 valence electrons. The Morgan fingerprint density at radius 1 is 1.53 bits per heavy atom. The molecule has 0 fully saturated rings. The molecule has 0 aromatic carbocycles. The fourth-order valence-corrected chi connectivity index (χ4v) is 2.30. The van der Waals surface area contributed by atoms with Crippen LogP contribution < -0.4 is 5.56 Å². The number of hydrogen-bond donors (Lipinski definition) is 0. The molecule has 0 spiro atoms. The third-order valence-electron chi connectivity index (χ3n) is 2.24. The molecule has 0 N–H and O–H groups in total. The second-order valence-electron chi connectivity index (χ2n) is 3.49. The summed E-state index contributed by atoms with van der Waals surface area (Å²) in [5.41, 5.74) is 0.330. The highest BCUT2D eigenvalue weighted by Gasteiger charge is 2.08. The van der Waals surface area contributed by atoms with Gasteiger partial charge in [0.1, 0.15) is 10.8 Å². The quantitative estimate of drug-likeness (QED) is 0.780. The van der Waals surface area contributed by atoms with E-state index in [2.05, 4.69) is 4.98 Å². The van der Waals surface area contributed by atoms with Crippen molar-refractivity contribution in [2.24, 2.45) is 0 Å². The highest BCUT2D eigenvalue weighted by Crippen LogP contribution is 2.16. The Morgan fingerprint density at radius 2 is 2.29 bits per heavy atom. The molecule has 2 aromatic rings. The second-order valence-corrected chi connectivity index (χ2v) is 4.60.